The van der Waals surface area contributed by atoms with Gasteiger partial charge in [0.2, 0.25) is 0 Å². The van der Waals surface area contributed by atoms with E-state index in [1.807, 2.05) is 18.7 Å². The molecular weight excluding hydrogens is 262 g/mol. The molecule has 0 spiro atoms. The fourth-order valence-corrected chi connectivity index (χ4v) is 3.31. The Balaban J connectivity index is 1.77. The van der Waals surface area contributed by atoms with Crippen molar-refractivity contribution in [1.82, 2.24) is 19.5 Å². The summed E-state index contributed by atoms with van der Waals surface area (Å²) in [4.78, 5) is 16.1. The number of allylic oxidation sites excluding steroid dienone is 1. The lowest BCUT2D eigenvalue weighted by molar-refractivity contribution is 0.410. The predicted molar refractivity (Wildman–Crippen MR) is 83.8 cm³/mol. The first-order valence-corrected chi connectivity index (χ1v) is 7.35. The first-order valence-electron chi connectivity index (χ1n) is 7.35. The summed E-state index contributed by atoms with van der Waals surface area (Å²) in [5.74, 6) is 3.11. The lowest BCUT2D eigenvalue weighted by Gasteiger charge is -2.24. The molecule has 5 nitrogen and oxygen atoms in total. The van der Waals surface area contributed by atoms with Crippen LogP contribution in [-0.2, 0) is 0 Å². The van der Waals surface area contributed by atoms with Gasteiger partial charge in [-0.1, -0.05) is 0 Å². The summed E-state index contributed by atoms with van der Waals surface area (Å²) in [6.07, 6.45) is 10.1. The number of rotatable bonds is 1. The van der Waals surface area contributed by atoms with Gasteiger partial charge in [0.1, 0.15) is 11.2 Å². The van der Waals surface area contributed by atoms with E-state index in [1.165, 1.54) is 11.1 Å². The highest BCUT2D eigenvalue weighted by Crippen LogP contribution is 2.34. The third kappa shape index (κ3) is 1.98. The molecule has 3 heterocycles. The maximum Gasteiger partial charge on any atom is 0.139 e. The highest BCUT2D eigenvalue weighted by atomic mass is 15.1. The Hall–Kier alpha value is -2.39. The van der Waals surface area contributed by atoms with Crippen molar-refractivity contribution in [3.05, 3.63) is 30.4 Å². The number of aromatic amines is 1. The van der Waals surface area contributed by atoms with E-state index in [4.69, 9.17) is 0 Å². The molecule has 1 aliphatic rings. The Morgan fingerprint density at radius 2 is 2.19 bits per heavy atom. The molecule has 1 N–H and O–H groups in total. The van der Waals surface area contributed by atoms with Gasteiger partial charge in [0, 0.05) is 24.7 Å². The summed E-state index contributed by atoms with van der Waals surface area (Å²) in [7, 11) is 1.79. The molecular formula is C16H17N5. The molecule has 0 aromatic carbocycles. The zero-order chi connectivity index (χ0) is 14.2. The molecule has 1 aliphatic carbocycles. The molecule has 106 valence electrons. The van der Waals surface area contributed by atoms with Gasteiger partial charge >= 0.3 is 0 Å². The van der Waals surface area contributed by atoms with Gasteiger partial charge < -0.3 is 9.55 Å². The monoisotopic (exact) mass is 279 g/mol. The van der Waals surface area contributed by atoms with E-state index in [2.05, 4.69) is 36.4 Å². The summed E-state index contributed by atoms with van der Waals surface area (Å²) in [6.45, 7) is 0. The smallest absolute Gasteiger partial charge is 0.139 e. The summed E-state index contributed by atoms with van der Waals surface area (Å²) < 4.78 is 2.33. The Morgan fingerprint density at radius 3 is 3.00 bits per heavy atom. The van der Waals surface area contributed by atoms with Crippen LogP contribution in [0.5, 0.6) is 0 Å². The van der Waals surface area contributed by atoms with Crippen LogP contribution in [0.15, 0.2) is 35.4 Å². The van der Waals surface area contributed by atoms with Crippen LogP contribution in [0.3, 0.4) is 0 Å². The van der Waals surface area contributed by atoms with Gasteiger partial charge in [-0.15, -0.1) is 0 Å². The van der Waals surface area contributed by atoms with E-state index in [0.29, 0.717) is 6.04 Å². The molecule has 3 aromatic heterocycles. The van der Waals surface area contributed by atoms with Gasteiger partial charge in [-0.3, -0.25) is 0 Å². The second-order valence-electron chi connectivity index (χ2n) is 5.55. The first kappa shape index (κ1) is 12.4. The highest BCUT2D eigenvalue weighted by molar-refractivity contribution is 6.00. The number of nitrogens with zero attached hydrogens (tertiary/aromatic N) is 4. The van der Waals surface area contributed by atoms with Crippen LogP contribution >= 0.6 is 0 Å². The average molecular weight is 279 g/mol. The van der Waals surface area contributed by atoms with Crippen LogP contribution in [0.25, 0.3) is 22.1 Å². The minimum atomic E-state index is 0.498. The van der Waals surface area contributed by atoms with Crippen LogP contribution < -0.4 is 0 Å². The van der Waals surface area contributed by atoms with Crippen LogP contribution in [0.2, 0.25) is 0 Å². The Bertz CT molecular complexity index is 853. The lowest BCUT2D eigenvalue weighted by Crippen LogP contribution is -2.13. The van der Waals surface area contributed by atoms with Crippen molar-refractivity contribution in [3.8, 4) is 0 Å². The third-order valence-electron chi connectivity index (χ3n) is 4.34. The van der Waals surface area contributed by atoms with Gasteiger partial charge in [0.05, 0.1) is 18.0 Å². The predicted octanol–water partition coefficient (Wildman–Crippen LogP) is 3.25. The Morgan fingerprint density at radius 1 is 1.33 bits per heavy atom. The normalized spacial score (nSPS) is 19.1. The van der Waals surface area contributed by atoms with Crippen LogP contribution in [-0.4, -0.2) is 32.4 Å². The maximum atomic E-state index is 4.52. The molecule has 0 saturated heterocycles. The standard InChI is InChI=1S/C16H17N5/c1-17-8-11-2-4-12(5-3-11)21-10-20-14-9-19-16-13(15(14)21)6-7-18-16/h6-7,9-10,12H,2-5H2,1H3,(H,18,19). The molecule has 0 radical (unpaired) electrons. The maximum absolute atomic E-state index is 4.52. The number of imidazole rings is 1. The minimum Gasteiger partial charge on any atom is -0.346 e. The molecule has 21 heavy (non-hydrogen) atoms. The van der Waals surface area contributed by atoms with Crippen molar-refractivity contribution in [2.75, 3.05) is 7.05 Å². The van der Waals surface area contributed by atoms with Crippen LogP contribution in [0.1, 0.15) is 31.7 Å². The van der Waals surface area contributed by atoms with Crippen LogP contribution in [0, 0.1) is 0 Å². The zero-order valence-corrected chi connectivity index (χ0v) is 12.0. The van der Waals surface area contributed by atoms with Gasteiger partial charge in [-0.05, 0) is 43.2 Å². The van der Waals surface area contributed by atoms with Crippen molar-refractivity contribution in [2.24, 2.45) is 4.99 Å². The molecule has 3 aromatic rings. The third-order valence-corrected chi connectivity index (χ3v) is 4.34. The Labute approximate surface area is 122 Å². The van der Waals surface area contributed by atoms with Crippen LogP contribution in [0.4, 0.5) is 0 Å². The first-order chi connectivity index (χ1) is 10.4. The number of H-pyrrole nitrogens is 1. The largest absolute Gasteiger partial charge is 0.346 e. The SMILES string of the molecule is CN=C=C1CCC(n2cnc3cnc4[nH]ccc4c32)CC1. The molecule has 5 heteroatoms. The van der Waals surface area contributed by atoms with Gasteiger partial charge in [0.25, 0.3) is 0 Å². The second kappa shape index (κ2) is 4.86. The number of hydrogen-bond donors (Lipinski definition) is 1. The Kier molecular flexibility index (Phi) is 2.86. The van der Waals surface area contributed by atoms with Crippen molar-refractivity contribution in [1.29, 1.82) is 0 Å². The fourth-order valence-electron chi connectivity index (χ4n) is 3.31. The molecule has 0 aliphatic heterocycles. The second-order valence-corrected chi connectivity index (χ2v) is 5.55. The number of aromatic nitrogens is 4. The van der Waals surface area contributed by atoms with Crippen molar-refractivity contribution in [3.63, 3.8) is 0 Å². The van der Waals surface area contributed by atoms with E-state index < -0.39 is 0 Å². The number of hydrogen-bond acceptors (Lipinski definition) is 3. The van der Waals surface area contributed by atoms with Crippen molar-refractivity contribution >= 4 is 27.9 Å². The minimum absolute atomic E-state index is 0.498. The summed E-state index contributed by atoms with van der Waals surface area (Å²) in [5.41, 5.74) is 4.44. The quantitative estimate of drug-likeness (QED) is 0.695. The highest BCUT2D eigenvalue weighted by Gasteiger charge is 2.21. The molecule has 4 rings (SSSR count). The molecule has 0 atom stereocenters. The number of aliphatic imine (C=N–C) groups is 1. The van der Waals surface area contributed by atoms with Gasteiger partial charge in [-0.2, -0.15) is 0 Å². The average Bonchev–Trinajstić information content (AvgIpc) is 3.14. The van der Waals surface area contributed by atoms with E-state index in [-0.39, 0.29) is 0 Å². The summed E-state index contributed by atoms with van der Waals surface area (Å²) in [5, 5.41) is 1.15. The van der Waals surface area contributed by atoms with E-state index in [9.17, 15) is 0 Å². The molecule has 0 unspecified atom stereocenters. The van der Waals surface area contributed by atoms with Crippen molar-refractivity contribution in [2.45, 2.75) is 31.7 Å². The molecule has 1 fully saturated rings. The molecule has 0 bridgehead atoms. The van der Waals surface area contributed by atoms with E-state index in [1.54, 1.807) is 7.05 Å². The fraction of sp³-hybridized carbons (Fsp3) is 0.375. The van der Waals surface area contributed by atoms with E-state index >= 15 is 0 Å². The topological polar surface area (TPSA) is 58.9 Å². The summed E-state index contributed by atoms with van der Waals surface area (Å²) >= 11 is 0. The van der Waals surface area contributed by atoms with Gasteiger partial charge in [0.15, 0.2) is 0 Å². The zero-order valence-electron chi connectivity index (χ0n) is 12.0. The van der Waals surface area contributed by atoms with E-state index in [0.717, 1.165) is 42.2 Å². The van der Waals surface area contributed by atoms with Crippen molar-refractivity contribution < 1.29 is 0 Å². The molecule has 1 saturated carbocycles. The molecule has 0 amide bonds. The van der Waals surface area contributed by atoms with Gasteiger partial charge in [-0.25, -0.2) is 15.0 Å². The number of nitrogens with one attached hydrogen (secondary N) is 1. The number of fused-ring (bicyclic) bond motifs is 3. The lowest BCUT2D eigenvalue weighted by atomic mass is 9.91. The summed E-state index contributed by atoms with van der Waals surface area (Å²) in [6, 6.07) is 2.58. The number of pyridine rings is 1.